The molecule has 1 spiro atoms. The number of carbonyl (C=O) groups is 2. The molecule has 2 saturated heterocycles. The molecule has 1 atom stereocenters. The third kappa shape index (κ3) is 4.85. The molecule has 4 rings (SSSR count). The van der Waals surface area contributed by atoms with E-state index in [4.69, 9.17) is 9.47 Å². The van der Waals surface area contributed by atoms with Crippen molar-refractivity contribution in [1.29, 1.82) is 0 Å². The van der Waals surface area contributed by atoms with Gasteiger partial charge in [-0.3, -0.25) is 4.90 Å². The zero-order valence-electron chi connectivity index (χ0n) is 19.1. The maximum absolute atomic E-state index is 12.5. The van der Waals surface area contributed by atoms with Gasteiger partial charge in [-0.25, -0.2) is 9.59 Å². The Morgan fingerprint density at radius 3 is 2.74 bits per heavy atom. The van der Waals surface area contributed by atoms with Crippen LogP contribution in [0, 0.1) is 5.41 Å². The van der Waals surface area contributed by atoms with Crippen LogP contribution in [0.15, 0.2) is 11.6 Å². The Kier molecular flexibility index (Phi) is 7.06. The van der Waals surface area contributed by atoms with Crippen LogP contribution in [0.2, 0.25) is 0 Å². The highest BCUT2D eigenvalue weighted by atomic mass is 16.6. The Morgan fingerprint density at radius 2 is 2.03 bits per heavy atom. The lowest BCUT2D eigenvalue weighted by atomic mass is 9.64. The summed E-state index contributed by atoms with van der Waals surface area (Å²) in [6.45, 7) is 7.92. The van der Waals surface area contributed by atoms with Crippen molar-refractivity contribution in [3.8, 4) is 0 Å². The van der Waals surface area contributed by atoms with Crippen molar-refractivity contribution in [2.75, 3.05) is 59.5 Å². The highest BCUT2D eigenvalue weighted by molar-refractivity contribution is 5.69. The first-order valence-electron chi connectivity index (χ1n) is 12.0. The van der Waals surface area contributed by atoms with Crippen molar-refractivity contribution in [2.24, 2.45) is 5.41 Å². The van der Waals surface area contributed by atoms with Gasteiger partial charge >= 0.3 is 12.2 Å². The average Bonchev–Trinajstić information content (AvgIpc) is 3.41. The van der Waals surface area contributed by atoms with Gasteiger partial charge < -0.3 is 24.6 Å². The smallest absolute Gasteiger partial charge is 0.410 e. The minimum Gasteiger partial charge on any atom is -0.450 e. The second kappa shape index (κ2) is 9.77. The number of nitrogens with one attached hydrogen (secondary N) is 1. The van der Waals surface area contributed by atoms with E-state index in [2.05, 4.69) is 16.3 Å². The molecule has 4 aliphatic rings. The zero-order chi connectivity index (χ0) is 21.8. The number of carbonyl (C=O) groups excluding carboxylic acids is 2. The fourth-order valence-electron chi connectivity index (χ4n) is 5.87. The van der Waals surface area contributed by atoms with Gasteiger partial charge in [0.2, 0.25) is 0 Å². The molecule has 0 unspecified atom stereocenters. The summed E-state index contributed by atoms with van der Waals surface area (Å²) in [5.74, 6) is 0. The molecule has 8 heteroatoms. The molecule has 0 radical (unpaired) electrons. The summed E-state index contributed by atoms with van der Waals surface area (Å²) in [5.41, 5.74) is 1.71. The van der Waals surface area contributed by atoms with Gasteiger partial charge in [-0.1, -0.05) is 6.08 Å². The summed E-state index contributed by atoms with van der Waals surface area (Å²) >= 11 is 0. The summed E-state index contributed by atoms with van der Waals surface area (Å²) in [4.78, 5) is 30.9. The first kappa shape index (κ1) is 22.4. The van der Waals surface area contributed by atoms with Crippen LogP contribution in [-0.2, 0) is 9.47 Å². The van der Waals surface area contributed by atoms with Gasteiger partial charge in [0.25, 0.3) is 0 Å². The maximum atomic E-state index is 12.5. The number of hydrogen-bond donors (Lipinski definition) is 1. The predicted octanol–water partition coefficient (Wildman–Crippen LogP) is 2.45. The summed E-state index contributed by atoms with van der Waals surface area (Å²) in [5, 5.41) is 3.01. The Balaban J connectivity index is 1.25. The lowest BCUT2D eigenvalue weighted by molar-refractivity contribution is 0.00961. The molecule has 1 N–H and O–H groups in total. The third-order valence-corrected chi connectivity index (χ3v) is 7.59. The number of likely N-dealkylation sites (N-methyl/N-ethyl adjacent to an activating group) is 1. The van der Waals surface area contributed by atoms with Crippen molar-refractivity contribution in [3.05, 3.63) is 11.6 Å². The molecule has 0 aromatic carbocycles. The van der Waals surface area contributed by atoms with Gasteiger partial charge in [0.15, 0.2) is 0 Å². The van der Waals surface area contributed by atoms with Gasteiger partial charge in [-0.15, -0.1) is 0 Å². The minimum atomic E-state index is -0.172. The van der Waals surface area contributed by atoms with E-state index < -0.39 is 0 Å². The Morgan fingerprint density at radius 1 is 1.19 bits per heavy atom. The number of nitrogens with zero attached hydrogens (tertiary/aromatic N) is 3. The lowest BCUT2D eigenvalue weighted by Gasteiger charge is -2.51. The summed E-state index contributed by atoms with van der Waals surface area (Å²) in [6.07, 6.45) is 8.62. The van der Waals surface area contributed by atoms with E-state index in [-0.39, 0.29) is 18.2 Å². The van der Waals surface area contributed by atoms with Crippen LogP contribution in [-0.4, -0.2) is 98.5 Å². The molecule has 3 aliphatic heterocycles. The molecule has 3 fully saturated rings. The Bertz CT molecular complexity index is 691. The molecular weight excluding hydrogens is 396 g/mol. The second-order valence-electron chi connectivity index (χ2n) is 9.53. The maximum Gasteiger partial charge on any atom is 0.410 e. The fraction of sp³-hybridized carbons (Fsp3) is 0.826. The van der Waals surface area contributed by atoms with Crippen molar-refractivity contribution in [1.82, 2.24) is 20.0 Å². The SMILES string of the molecule is CCOC(=O)N1CCC2(CC(N3CC=C([C@@H]4CCCN4C(=O)OCCNC)CC3)C2)C1. The zero-order valence-corrected chi connectivity index (χ0v) is 19.1. The van der Waals surface area contributed by atoms with Crippen LogP contribution in [0.3, 0.4) is 0 Å². The van der Waals surface area contributed by atoms with Gasteiger partial charge in [0, 0.05) is 45.3 Å². The third-order valence-electron chi connectivity index (χ3n) is 7.59. The van der Waals surface area contributed by atoms with E-state index in [1.54, 1.807) is 0 Å². The van der Waals surface area contributed by atoms with Gasteiger partial charge in [0.05, 0.1) is 12.6 Å². The first-order chi connectivity index (χ1) is 15.0. The number of likely N-dealkylation sites (tertiary alicyclic amines) is 2. The Labute approximate surface area is 185 Å². The van der Waals surface area contributed by atoms with E-state index in [0.29, 0.717) is 31.2 Å². The predicted molar refractivity (Wildman–Crippen MR) is 118 cm³/mol. The number of hydrogen-bond acceptors (Lipinski definition) is 6. The van der Waals surface area contributed by atoms with E-state index in [9.17, 15) is 9.59 Å². The molecular formula is C23H38N4O4. The highest BCUT2D eigenvalue weighted by Gasteiger charge is 2.51. The molecule has 8 nitrogen and oxygen atoms in total. The summed E-state index contributed by atoms with van der Waals surface area (Å²) < 4.78 is 10.6. The van der Waals surface area contributed by atoms with E-state index in [0.717, 1.165) is 58.4 Å². The molecule has 0 bridgehead atoms. The highest BCUT2D eigenvalue weighted by Crippen LogP contribution is 2.50. The van der Waals surface area contributed by atoms with E-state index >= 15 is 0 Å². The summed E-state index contributed by atoms with van der Waals surface area (Å²) in [6, 6.07) is 0.830. The van der Waals surface area contributed by atoms with Gasteiger partial charge in [0.1, 0.15) is 6.61 Å². The van der Waals surface area contributed by atoms with Gasteiger partial charge in [-0.05, 0) is 63.5 Å². The fourth-order valence-corrected chi connectivity index (χ4v) is 5.87. The quantitative estimate of drug-likeness (QED) is 0.511. The van der Waals surface area contributed by atoms with Crippen molar-refractivity contribution < 1.29 is 19.1 Å². The molecule has 1 saturated carbocycles. The van der Waals surface area contributed by atoms with Crippen molar-refractivity contribution in [3.63, 3.8) is 0 Å². The van der Waals surface area contributed by atoms with Crippen LogP contribution in [0.4, 0.5) is 9.59 Å². The largest absolute Gasteiger partial charge is 0.450 e. The molecule has 1 aliphatic carbocycles. The lowest BCUT2D eigenvalue weighted by Crippen LogP contribution is -2.53. The normalized spacial score (nSPS) is 31.0. The van der Waals surface area contributed by atoms with Crippen LogP contribution in [0.1, 0.15) is 45.4 Å². The van der Waals surface area contributed by atoms with Crippen molar-refractivity contribution >= 4 is 12.2 Å². The van der Waals surface area contributed by atoms with Crippen molar-refractivity contribution in [2.45, 2.75) is 57.5 Å². The minimum absolute atomic E-state index is 0.154. The first-order valence-corrected chi connectivity index (χ1v) is 12.0. The number of ether oxygens (including phenoxy) is 2. The molecule has 0 aromatic heterocycles. The topological polar surface area (TPSA) is 74.4 Å². The Hall–Kier alpha value is -1.80. The number of amides is 2. The van der Waals surface area contributed by atoms with Crippen LogP contribution in [0.5, 0.6) is 0 Å². The van der Waals surface area contributed by atoms with E-state index in [1.807, 2.05) is 23.8 Å². The standard InChI is InChI=1S/C23H38N4O4/c1-3-30-21(28)26-13-8-23(17-26)15-19(16-23)25-11-6-18(7-12-25)20-5-4-10-27(20)22(29)31-14-9-24-2/h6,19-20,24H,3-5,7-17H2,1-2H3/t19?,20-,23?/m0/s1. The molecule has 31 heavy (non-hydrogen) atoms. The molecule has 3 heterocycles. The van der Waals surface area contributed by atoms with Crippen LogP contribution in [0.25, 0.3) is 0 Å². The van der Waals surface area contributed by atoms with Crippen LogP contribution >= 0.6 is 0 Å². The molecule has 2 amide bonds. The second-order valence-corrected chi connectivity index (χ2v) is 9.53. The average molecular weight is 435 g/mol. The molecule has 174 valence electrons. The van der Waals surface area contributed by atoms with E-state index in [1.165, 1.54) is 18.4 Å². The molecule has 0 aromatic rings. The number of rotatable bonds is 6. The summed E-state index contributed by atoms with van der Waals surface area (Å²) in [7, 11) is 1.86. The van der Waals surface area contributed by atoms with Gasteiger partial charge in [-0.2, -0.15) is 0 Å². The van der Waals surface area contributed by atoms with Crippen LogP contribution < -0.4 is 5.32 Å². The monoisotopic (exact) mass is 434 g/mol.